The van der Waals surface area contributed by atoms with Crippen LogP contribution in [0.5, 0.6) is 0 Å². The fourth-order valence-corrected chi connectivity index (χ4v) is 3.77. The number of hydrogen-bond acceptors (Lipinski definition) is 2. The minimum absolute atomic E-state index is 0.0155. The Kier molecular flexibility index (Phi) is 4.11. The number of nitrogens with one attached hydrogen (secondary N) is 1. The lowest BCUT2D eigenvalue weighted by Gasteiger charge is -2.46. The summed E-state index contributed by atoms with van der Waals surface area (Å²) in [5.74, 6) is 0.124. The van der Waals surface area contributed by atoms with Crippen LogP contribution in [0.2, 0.25) is 0 Å². The van der Waals surface area contributed by atoms with Crippen molar-refractivity contribution in [3.8, 4) is 0 Å². The number of amides is 2. The van der Waals surface area contributed by atoms with E-state index in [-0.39, 0.29) is 34.7 Å². The molecule has 0 aromatic carbocycles. The van der Waals surface area contributed by atoms with Gasteiger partial charge in [0, 0.05) is 6.04 Å². The largest absolute Gasteiger partial charge is 0.342 e. The van der Waals surface area contributed by atoms with Gasteiger partial charge in [-0.15, -0.1) is 0 Å². The van der Waals surface area contributed by atoms with E-state index < -0.39 is 6.04 Å². The van der Waals surface area contributed by atoms with Crippen molar-refractivity contribution in [2.24, 2.45) is 10.8 Å². The molecule has 4 nitrogen and oxygen atoms in total. The predicted octanol–water partition coefficient (Wildman–Crippen LogP) is 2.72. The molecule has 0 bridgehead atoms. The van der Waals surface area contributed by atoms with Gasteiger partial charge in [-0.2, -0.15) is 0 Å². The second-order valence-electron chi connectivity index (χ2n) is 8.54. The SMILES string of the molecule is CCC1C(=O)NC(C(C)(C)C)C(=O)N1C1CCC(C)(C)C1. The second-order valence-corrected chi connectivity index (χ2v) is 8.54. The molecule has 1 aliphatic carbocycles. The summed E-state index contributed by atoms with van der Waals surface area (Å²) >= 11 is 0. The second kappa shape index (κ2) is 5.29. The molecule has 21 heavy (non-hydrogen) atoms. The van der Waals surface area contributed by atoms with E-state index in [9.17, 15) is 9.59 Å². The van der Waals surface area contributed by atoms with Crippen molar-refractivity contribution >= 4 is 11.8 Å². The Morgan fingerprint density at radius 2 is 1.90 bits per heavy atom. The molecule has 2 fully saturated rings. The van der Waals surface area contributed by atoms with E-state index in [2.05, 4.69) is 19.2 Å². The minimum Gasteiger partial charge on any atom is -0.342 e. The van der Waals surface area contributed by atoms with Gasteiger partial charge in [0.25, 0.3) is 0 Å². The van der Waals surface area contributed by atoms with Crippen molar-refractivity contribution in [2.45, 2.75) is 85.4 Å². The molecule has 1 N–H and O–H groups in total. The lowest BCUT2D eigenvalue weighted by atomic mass is 9.83. The number of carbonyl (C=O) groups is 2. The smallest absolute Gasteiger partial charge is 0.246 e. The molecular weight excluding hydrogens is 264 g/mol. The standard InChI is InChI=1S/C17H30N2O2/c1-7-12-14(20)18-13(16(2,3)4)15(21)19(12)11-8-9-17(5,6)10-11/h11-13H,7-10H2,1-6H3,(H,18,20). The molecule has 0 aromatic rings. The van der Waals surface area contributed by atoms with Crippen LogP contribution in [0, 0.1) is 10.8 Å². The molecule has 3 atom stereocenters. The lowest BCUT2D eigenvalue weighted by Crippen LogP contribution is -2.68. The van der Waals surface area contributed by atoms with Gasteiger partial charge in [0.1, 0.15) is 12.1 Å². The summed E-state index contributed by atoms with van der Waals surface area (Å²) in [6.45, 7) is 12.5. The van der Waals surface area contributed by atoms with Crippen LogP contribution in [0.15, 0.2) is 0 Å². The topological polar surface area (TPSA) is 49.4 Å². The normalized spacial score (nSPS) is 33.2. The Bertz CT molecular complexity index is 437. The van der Waals surface area contributed by atoms with E-state index in [1.165, 1.54) is 0 Å². The molecule has 3 unspecified atom stereocenters. The maximum Gasteiger partial charge on any atom is 0.246 e. The Balaban J connectivity index is 2.30. The Labute approximate surface area is 128 Å². The third-order valence-electron chi connectivity index (χ3n) is 5.02. The molecule has 2 amide bonds. The number of hydrogen-bond donors (Lipinski definition) is 1. The number of rotatable bonds is 2. The van der Waals surface area contributed by atoms with Gasteiger partial charge >= 0.3 is 0 Å². The average molecular weight is 294 g/mol. The van der Waals surface area contributed by atoms with Gasteiger partial charge in [-0.3, -0.25) is 9.59 Å². The summed E-state index contributed by atoms with van der Waals surface area (Å²) in [6.07, 6.45) is 3.82. The zero-order valence-electron chi connectivity index (χ0n) is 14.3. The Morgan fingerprint density at radius 1 is 1.29 bits per heavy atom. The molecule has 4 heteroatoms. The van der Waals surface area contributed by atoms with Crippen LogP contribution < -0.4 is 5.32 Å². The van der Waals surface area contributed by atoms with Gasteiger partial charge < -0.3 is 10.2 Å². The fraction of sp³-hybridized carbons (Fsp3) is 0.882. The molecule has 1 heterocycles. The lowest BCUT2D eigenvalue weighted by molar-refractivity contribution is -0.155. The van der Waals surface area contributed by atoms with Gasteiger partial charge in [-0.05, 0) is 36.5 Å². The van der Waals surface area contributed by atoms with E-state index in [1.54, 1.807) is 0 Å². The van der Waals surface area contributed by atoms with Crippen molar-refractivity contribution in [1.82, 2.24) is 10.2 Å². The maximum atomic E-state index is 13.0. The molecule has 1 aliphatic heterocycles. The van der Waals surface area contributed by atoms with Crippen LogP contribution in [-0.4, -0.2) is 34.8 Å². The first kappa shape index (κ1) is 16.3. The van der Waals surface area contributed by atoms with Crippen LogP contribution in [0.25, 0.3) is 0 Å². The first-order chi connectivity index (χ1) is 9.57. The van der Waals surface area contributed by atoms with Gasteiger partial charge in [0.05, 0.1) is 0 Å². The van der Waals surface area contributed by atoms with Gasteiger partial charge in [0.2, 0.25) is 11.8 Å². The third-order valence-corrected chi connectivity index (χ3v) is 5.02. The monoisotopic (exact) mass is 294 g/mol. The Morgan fingerprint density at radius 3 is 2.33 bits per heavy atom. The van der Waals surface area contributed by atoms with E-state index in [1.807, 2.05) is 32.6 Å². The summed E-state index contributed by atoms with van der Waals surface area (Å²) in [5.41, 5.74) is 0.0201. The molecule has 1 saturated heterocycles. The Hall–Kier alpha value is -1.06. The van der Waals surface area contributed by atoms with Crippen molar-refractivity contribution in [1.29, 1.82) is 0 Å². The molecule has 2 rings (SSSR count). The zero-order valence-corrected chi connectivity index (χ0v) is 14.3. The highest BCUT2D eigenvalue weighted by molar-refractivity contribution is 5.97. The highest BCUT2D eigenvalue weighted by Gasteiger charge is 2.49. The molecule has 120 valence electrons. The molecule has 0 radical (unpaired) electrons. The van der Waals surface area contributed by atoms with Gasteiger partial charge in [-0.1, -0.05) is 41.5 Å². The maximum absolute atomic E-state index is 13.0. The molecule has 2 aliphatic rings. The van der Waals surface area contributed by atoms with E-state index in [0.29, 0.717) is 6.42 Å². The number of carbonyl (C=O) groups excluding carboxylic acids is 2. The highest BCUT2D eigenvalue weighted by Crippen LogP contribution is 2.41. The quantitative estimate of drug-likeness (QED) is 0.851. The predicted molar refractivity (Wildman–Crippen MR) is 83.7 cm³/mol. The van der Waals surface area contributed by atoms with Crippen LogP contribution >= 0.6 is 0 Å². The van der Waals surface area contributed by atoms with E-state index >= 15 is 0 Å². The summed E-state index contributed by atoms with van der Waals surface area (Å²) < 4.78 is 0. The zero-order chi connectivity index (χ0) is 16.0. The van der Waals surface area contributed by atoms with Gasteiger partial charge in [0.15, 0.2) is 0 Å². The van der Waals surface area contributed by atoms with E-state index in [0.717, 1.165) is 19.3 Å². The number of nitrogens with zero attached hydrogens (tertiary/aromatic N) is 1. The van der Waals surface area contributed by atoms with Crippen LogP contribution in [0.3, 0.4) is 0 Å². The van der Waals surface area contributed by atoms with Crippen molar-refractivity contribution < 1.29 is 9.59 Å². The summed E-state index contributed by atoms with van der Waals surface area (Å²) in [7, 11) is 0. The first-order valence-corrected chi connectivity index (χ1v) is 8.19. The van der Waals surface area contributed by atoms with Crippen LogP contribution in [0.1, 0.15) is 67.2 Å². The summed E-state index contributed by atoms with van der Waals surface area (Å²) in [4.78, 5) is 27.4. The van der Waals surface area contributed by atoms with Crippen molar-refractivity contribution in [3.63, 3.8) is 0 Å². The van der Waals surface area contributed by atoms with Crippen LogP contribution in [-0.2, 0) is 9.59 Å². The molecule has 0 spiro atoms. The third kappa shape index (κ3) is 3.09. The molecule has 1 saturated carbocycles. The summed E-state index contributed by atoms with van der Waals surface area (Å²) in [6, 6.07) is -0.486. The highest BCUT2D eigenvalue weighted by atomic mass is 16.2. The van der Waals surface area contributed by atoms with Crippen molar-refractivity contribution in [3.05, 3.63) is 0 Å². The van der Waals surface area contributed by atoms with Crippen molar-refractivity contribution in [2.75, 3.05) is 0 Å². The molecule has 0 aromatic heterocycles. The number of piperazine rings is 1. The first-order valence-electron chi connectivity index (χ1n) is 8.19. The van der Waals surface area contributed by atoms with Gasteiger partial charge in [-0.25, -0.2) is 0 Å². The molecular formula is C17H30N2O2. The minimum atomic E-state index is -0.406. The average Bonchev–Trinajstić information content (AvgIpc) is 2.69. The summed E-state index contributed by atoms with van der Waals surface area (Å²) in [5, 5.41) is 2.95. The van der Waals surface area contributed by atoms with Crippen LogP contribution in [0.4, 0.5) is 0 Å². The fourth-order valence-electron chi connectivity index (χ4n) is 3.77. The van der Waals surface area contributed by atoms with E-state index in [4.69, 9.17) is 0 Å².